The van der Waals surface area contributed by atoms with Crippen molar-refractivity contribution in [3.63, 3.8) is 0 Å². The van der Waals surface area contributed by atoms with E-state index in [9.17, 15) is 4.79 Å². The molecule has 0 radical (unpaired) electrons. The van der Waals surface area contributed by atoms with Crippen molar-refractivity contribution in [3.8, 4) is 0 Å². The number of hydrogen-bond acceptors (Lipinski definition) is 5. The van der Waals surface area contributed by atoms with Crippen LogP contribution in [0.1, 0.15) is 17.7 Å². The predicted molar refractivity (Wildman–Crippen MR) is 102 cm³/mol. The fourth-order valence-corrected chi connectivity index (χ4v) is 2.23. The number of hydrogen-bond donors (Lipinski definition) is 3. The third-order valence-electron chi connectivity index (χ3n) is 3.48. The Morgan fingerprint density at radius 1 is 1.08 bits per heavy atom. The van der Waals surface area contributed by atoms with Gasteiger partial charge in [-0.25, -0.2) is 9.78 Å². The molecule has 2 amide bonds. The molecule has 0 spiro atoms. The summed E-state index contributed by atoms with van der Waals surface area (Å²) in [5, 5.41) is 8.70. The van der Waals surface area contributed by atoms with Crippen molar-refractivity contribution in [1.82, 2.24) is 14.9 Å². The molecule has 0 unspecified atom stereocenters. The fourth-order valence-electron chi connectivity index (χ4n) is 2.23. The Labute approximate surface area is 148 Å². The summed E-state index contributed by atoms with van der Waals surface area (Å²) in [7, 11) is 4.09. The number of benzene rings is 1. The van der Waals surface area contributed by atoms with E-state index in [1.807, 2.05) is 58.3 Å². The molecule has 0 aliphatic rings. The van der Waals surface area contributed by atoms with Crippen molar-refractivity contribution in [2.24, 2.45) is 0 Å². The lowest BCUT2D eigenvalue weighted by Gasteiger charge is -2.12. The summed E-state index contributed by atoms with van der Waals surface area (Å²) >= 11 is 0. The average Bonchev–Trinajstić information content (AvgIpc) is 2.53. The lowest BCUT2D eigenvalue weighted by atomic mass is 10.2. The van der Waals surface area contributed by atoms with Crippen LogP contribution in [0.5, 0.6) is 0 Å². The first kappa shape index (κ1) is 18.7. The summed E-state index contributed by atoms with van der Waals surface area (Å²) in [5.74, 6) is 0.983. The number of carbonyl (C=O) groups excluding carboxylic acids is 1. The maximum atomic E-state index is 12.1. The van der Waals surface area contributed by atoms with Gasteiger partial charge < -0.3 is 15.5 Å². The largest absolute Gasteiger partial charge is 0.370 e. The van der Waals surface area contributed by atoms with Gasteiger partial charge in [-0.05, 0) is 53.0 Å². The zero-order chi connectivity index (χ0) is 18.2. The highest BCUT2D eigenvalue weighted by molar-refractivity contribution is 5.98. The van der Waals surface area contributed by atoms with Gasteiger partial charge in [0, 0.05) is 24.0 Å². The smallest absolute Gasteiger partial charge is 0.326 e. The fraction of sp³-hybridized carbons (Fsp3) is 0.389. The second-order valence-corrected chi connectivity index (χ2v) is 6.25. The molecule has 1 aromatic carbocycles. The van der Waals surface area contributed by atoms with E-state index in [2.05, 4.69) is 30.8 Å². The number of urea groups is 1. The van der Waals surface area contributed by atoms with Crippen molar-refractivity contribution in [2.75, 3.05) is 43.1 Å². The molecule has 7 heteroatoms. The summed E-state index contributed by atoms with van der Waals surface area (Å²) in [4.78, 5) is 22.8. The molecule has 0 bridgehead atoms. The van der Waals surface area contributed by atoms with E-state index in [-0.39, 0.29) is 12.0 Å². The summed E-state index contributed by atoms with van der Waals surface area (Å²) in [5.41, 5.74) is 2.64. The Kier molecular flexibility index (Phi) is 6.71. The molecule has 0 saturated heterocycles. The molecular formula is C18H26N6O. The van der Waals surface area contributed by atoms with Crippen LogP contribution in [0.2, 0.25) is 0 Å². The third-order valence-corrected chi connectivity index (χ3v) is 3.48. The third kappa shape index (κ3) is 6.76. The number of aromatic nitrogens is 2. The summed E-state index contributed by atoms with van der Waals surface area (Å²) in [6.45, 7) is 5.68. The standard InChI is InChI=1S/C18H26N6O/c1-13-6-8-15(9-7-13)21-18(25)23-17-20-14(2)12-16(22-17)19-10-5-11-24(3)4/h6-9,12H,5,10-11H2,1-4H3,(H3,19,20,21,22,23,25). The Bertz CT molecular complexity index is 699. The second-order valence-electron chi connectivity index (χ2n) is 6.25. The van der Waals surface area contributed by atoms with Crippen LogP contribution in [-0.2, 0) is 0 Å². The number of amides is 2. The molecule has 0 aliphatic carbocycles. The van der Waals surface area contributed by atoms with Crippen LogP contribution in [0.3, 0.4) is 0 Å². The van der Waals surface area contributed by atoms with Crippen LogP contribution in [0, 0.1) is 13.8 Å². The number of aryl methyl sites for hydroxylation is 2. The quantitative estimate of drug-likeness (QED) is 0.674. The van der Waals surface area contributed by atoms with Gasteiger partial charge in [0.1, 0.15) is 5.82 Å². The van der Waals surface area contributed by atoms with Gasteiger partial charge >= 0.3 is 6.03 Å². The normalized spacial score (nSPS) is 10.6. The first-order valence-electron chi connectivity index (χ1n) is 8.31. The van der Waals surface area contributed by atoms with Gasteiger partial charge in [0.25, 0.3) is 0 Å². The van der Waals surface area contributed by atoms with Crippen LogP contribution in [0.4, 0.5) is 22.2 Å². The Balaban J connectivity index is 1.92. The van der Waals surface area contributed by atoms with Gasteiger partial charge in [-0.1, -0.05) is 17.7 Å². The molecule has 2 rings (SSSR count). The number of carbonyl (C=O) groups is 1. The topological polar surface area (TPSA) is 82.2 Å². The Morgan fingerprint density at radius 2 is 1.80 bits per heavy atom. The van der Waals surface area contributed by atoms with Crippen molar-refractivity contribution in [3.05, 3.63) is 41.6 Å². The van der Waals surface area contributed by atoms with Gasteiger partial charge in [0.15, 0.2) is 0 Å². The molecule has 7 nitrogen and oxygen atoms in total. The van der Waals surface area contributed by atoms with E-state index in [4.69, 9.17) is 0 Å². The first-order valence-corrected chi connectivity index (χ1v) is 8.31. The van der Waals surface area contributed by atoms with Crippen LogP contribution in [-0.4, -0.2) is 48.1 Å². The highest BCUT2D eigenvalue weighted by atomic mass is 16.2. The minimum Gasteiger partial charge on any atom is -0.370 e. The van der Waals surface area contributed by atoms with Crippen molar-refractivity contribution >= 4 is 23.5 Å². The molecule has 25 heavy (non-hydrogen) atoms. The zero-order valence-electron chi connectivity index (χ0n) is 15.3. The minimum atomic E-state index is -0.368. The molecule has 0 saturated carbocycles. The van der Waals surface area contributed by atoms with Gasteiger partial charge in [-0.2, -0.15) is 4.98 Å². The molecule has 1 aromatic heterocycles. The van der Waals surface area contributed by atoms with Gasteiger partial charge in [0.05, 0.1) is 0 Å². The van der Waals surface area contributed by atoms with Crippen molar-refractivity contribution < 1.29 is 4.79 Å². The first-order chi connectivity index (χ1) is 11.9. The molecule has 1 heterocycles. The molecule has 0 atom stereocenters. The predicted octanol–water partition coefficient (Wildman–Crippen LogP) is 3.10. The van der Waals surface area contributed by atoms with Crippen LogP contribution >= 0.6 is 0 Å². The van der Waals surface area contributed by atoms with E-state index < -0.39 is 0 Å². The van der Waals surface area contributed by atoms with Gasteiger partial charge in [-0.3, -0.25) is 5.32 Å². The number of anilines is 3. The molecule has 0 fully saturated rings. The molecule has 3 N–H and O–H groups in total. The van der Waals surface area contributed by atoms with Crippen LogP contribution in [0.25, 0.3) is 0 Å². The summed E-state index contributed by atoms with van der Waals surface area (Å²) in [6.07, 6.45) is 1.01. The summed E-state index contributed by atoms with van der Waals surface area (Å²) in [6, 6.07) is 9.07. The maximum Gasteiger partial charge on any atom is 0.326 e. The Morgan fingerprint density at radius 3 is 2.48 bits per heavy atom. The lowest BCUT2D eigenvalue weighted by molar-refractivity contribution is 0.262. The molecular weight excluding hydrogens is 316 g/mol. The van der Waals surface area contributed by atoms with E-state index in [0.29, 0.717) is 5.82 Å². The number of nitrogens with zero attached hydrogens (tertiary/aromatic N) is 3. The SMILES string of the molecule is Cc1ccc(NC(=O)Nc2nc(C)cc(NCCCN(C)C)n2)cc1. The van der Waals surface area contributed by atoms with Gasteiger partial charge in [0.2, 0.25) is 5.95 Å². The zero-order valence-corrected chi connectivity index (χ0v) is 15.3. The maximum absolute atomic E-state index is 12.1. The van der Waals surface area contributed by atoms with Crippen molar-refractivity contribution in [2.45, 2.75) is 20.3 Å². The highest BCUT2D eigenvalue weighted by Crippen LogP contribution is 2.12. The minimum absolute atomic E-state index is 0.278. The monoisotopic (exact) mass is 342 g/mol. The van der Waals surface area contributed by atoms with Crippen LogP contribution < -0.4 is 16.0 Å². The van der Waals surface area contributed by atoms with E-state index in [0.717, 1.165) is 36.5 Å². The van der Waals surface area contributed by atoms with E-state index >= 15 is 0 Å². The molecule has 0 aliphatic heterocycles. The molecule has 134 valence electrons. The Hall–Kier alpha value is -2.67. The second kappa shape index (κ2) is 8.98. The highest BCUT2D eigenvalue weighted by Gasteiger charge is 2.07. The number of rotatable bonds is 7. The van der Waals surface area contributed by atoms with E-state index in [1.165, 1.54) is 0 Å². The van der Waals surface area contributed by atoms with Gasteiger partial charge in [-0.15, -0.1) is 0 Å². The average molecular weight is 342 g/mol. The van der Waals surface area contributed by atoms with E-state index in [1.54, 1.807) is 0 Å². The van der Waals surface area contributed by atoms with Crippen LogP contribution in [0.15, 0.2) is 30.3 Å². The van der Waals surface area contributed by atoms with Crippen molar-refractivity contribution in [1.29, 1.82) is 0 Å². The molecule has 2 aromatic rings. The summed E-state index contributed by atoms with van der Waals surface area (Å²) < 4.78 is 0. The lowest BCUT2D eigenvalue weighted by Crippen LogP contribution is -2.21. The number of nitrogens with one attached hydrogen (secondary N) is 3.